The van der Waals surface area contributed by atoms with Crippen molar-refractivity contribution in [1.82, 2.24) is 5.32 Å². The fourth-order valence-corrected chi connectivity index (χ4v) is 2.50. The molecule has 0 aliphatic rings. The highest BCUT2D eigenvalue weighted by molar-refractivity contribution is 6.31. The van der Waals surface area contributed by atoms with Crippen molar-refractivity contribution in [3.63, 3.8) is 0 Å². The van der Waals surface area contributed by atoms with Gasteiger partial charge in [0.2, 0.25) is 0 Å². The fraction of sp³-hybridized carbons (Fsp3) is 0.647. The predicted octanol–water partition coefficient (Wildman–Crippen LogP) is 4.17. The van der Waals surface area contributed by atoms with E-state index in [1.807, 2.05) is 19.9 Å². The molecule has 0 saturated heterocycles. The highest BCUT2D eigenvalue weighted by Crippen LogP contribution is 2.31. The van der Waals surface area contributed by atoms with E-state index in [9.17, 15) is 0 Å². The first-order valence-electron chi connectivity index (χ1n) is 7.77. The highest BCUT2D eigenvalue weighted by atomic mass is 35.5. The summed E-state index contributed by atoms with van der Waals surface area (Å²) in [6, 6.07) is 4.05. The van der Waals surface area contributed by atoms with Crippen LogP contribution in [0.1, 0.15) is 44.2 Å². The van der Waals surface area contributed by atoms with Crippen LogP contribution in [-0.2, 0) is 4.74 Å². The molecule has 0 unspecified atom stereocenters. The minimum Gasteiger partial charge on any atom is -0.492 e. The molecule has 1 aromatic carbocycles. The summed E-state index contributed by atoms with van der Waals surface area (Å²) >= 11 is 6.26. The molecule has 0 spiro atoms. The Kier molecular flexibility index (Phi) is 8.74. The van der Waals surface area contributed by atoms with Crippen molar-refractivity contribution in [1.29, 1.82) is 0 Å². The number of aryl methyl sites for hydroxylation is 1. The second-order valence-corrected chi connectivity index (χ2v) is 5.85. The summed E-state index contributed by atoms with van der Waals surface area (Å²) in [5.74, 6) is 1.33. The Morgan fingerprint density at radius 3 is 2.62 bits per heavy atom. The third-order valence-electron chi connectivity index (χ3n) is 3.30. The Balaban J connectivity index is 2.33. The Bertz CT molecular complexity index is 421. The minimum atomic E-state index is 0.400. The lowest BCUT2D eigenvalue weighted by atomic mass is 10.0. The van der Waals surface area contributed by atoms with Gasteiger partial charge in [-0.2, -0.15) is 0 Å². The third kappa shape index (κ3) is 6.68. The summed E-state index contributed by atoms with van der Waals surface area (Å²) < 4.78 is 11.1. The molecular formula is C17H28ClNO2. The van der Waals surface area contributed by atoms with Crippen LogP contribution >= 0.6 is 11.6 Å². The number of rotatable bonds is 10. The molecule has 1 N–H and O–H groups in total. The van der Waals surface area contributed by atoms with Crippen molar-refractivity contribution in [2.75, 3.05) is 32.9 Å². The number of nitrogens with one attached hydrogen (secondary N) is 1. The summed E-state index contributed by atoms with van der Waals surface area (Å²) in [4.78, 5) is 0. The summed E-state index contributed by atoms with van der Waals surface area (Å²) in [6.07, 6.45) is 1.03. The maximum absolute atomic E-state index is 6.26. The van der Waals surface area contributed by atoms with Crippen LogP contribution in [0.2, 0.25) is 5.02 Å². The van der Waals surface area contributed by atoms with Crippen LogP contribution in [0, 0.1) is 6.92 Å². The molecule has 1 rings (SSSR count). The summed E-state index contributed by atoms with van der Waals surface area (Å²) in [6.45, 7) is 12.4. The zero-order valence-electron chi connectivity index (χ0n) is 13.7. The maximum Gasteiger partial charge on any atom is 0.122 e. The van der Waals surface area contributed by atoms with E-state index < -0.39 is 0 Å². The molecule has 0 aliphatic carbocycles. The van der Waals surface area contributed by atoms with Crippen LogP contribution < -0.4 is 10.1 Å². The van der Waals surface area contributed by atoms with Gasteiger partial charge in [0, 0.05) is 24.8 Å². The zero-order chi connectivity index (χ0) is 15.7. The van der Waals surface area contributed by atoms with Crippen molar-refractivity contribution in [3.8, 4) is 5.75 Å². The van der Waals surface area contributed by atoms with Gasteiger partial charge >= 0.3 is 0 Å². The fourth-order valence-electron chi connectivity index (χ4n) is 2.07. The lowest BCUT2D eigenvalue weighted by Crippen LogP contribution is -2.23. The molecule has 0 amide bonds. The molecule has 0 radical (unpaired) electrons. The summed E-state index contributed by atoms with van der Waals surface area (Å²) in [5, 5.41) is 4.17. The van der Waals surface area contributed by atoms with Crippen LogP contribution in [0.3, 0.4) is 0 Å². The van der Waals surface area contributed by atoms with Crippen LogP contribution in [0.25, 0.3) is 0 Å². The molecule has 0 aromatic heterocycles. The number of hydrogen-bond acceptors (Lipinski definition) is 3. The largest absolute Gasteiger partial charge is 0.492 e. The Hall–Kier alpha value is -0.770. The number of benzene rings is 1. The lowest BCUT2D eigenvalue weighted by molar-refractivity contribution is 0.144. The van der Waals surface area contributed by atoms with E-state index in [4.69, 9.17) is 21.1 Å². The zero-order valence-corrected chi connectivity index (χ0v) is 14.4. The van der Waals surface area contributed by atoms with Crippen molar-refractivity contribution in [3.05, 3.63) is 28.3 Å². The van der Waals surface area contributed by atoms with Gasteiger partial charge in [-0.25, -0.2) is 0 Å². The molecule has 0 saturated carbocycles. The molecule has 1 aromatic rings. The topological polar surface area (TPSA) is 30.5 Å². The van der Waals surface area contributed by atoms with Gasteiger partial charge in [-0.05, 0) is 56.0 Å². The molecule has 0 aliphatic heterocycles. The highest BCUT2D eigenvalue weighted by Gasteiger charge is 2.09. The Labute approximate surface area is 134 Å². The first-order valence-corrected chi connectivity index (χ1v) is 8.15. The van der Waals surface area contributed by atoms with E-state index in [0.29, 0.717) is 12.5 Å². The van der Waals surface area contributed by atoms with E-state index in [-0.39, 0.29) is 0 Å². The monoisotopic (exact) mass is 313 g/mol. The minimum absolute atomic E-state index is 0.400. The molecule has 0 fully saturated rings. The molecule has 4 heteroatoms. The predicted molar refractivity (Wildman–Crippen MR) is 89.8 cm³/mol. The Morgan fingerprint density at radius 1 is 1.19 bits per heavy atom. The van der Waals surface area contributed by atoms with Crippen LogP contribution in [0.15, 0.2) is 12.1 Å². The molecule has 0 heterocycles. The van der Waals surface area contributed by atoms with Crippen molar-refractivity contribution in [2.24, 2.45) is 0 Å². The summed E-state index contributed by atoms with van der Waals surface area (Å²) in [5.41, 5.74) is 2.22. The smallest absolute Gasteiger partial charge is 0.122 e. The van der Waals surface area contributed by atoms with Gasteiger partial charge in [-0.1, -0.05) is 25.4 Å². The van der Waals surface area contributed by atoms with Gasteiger partial charge in [0.1, 0.15) is 12.4 Å². The van der Waals surface area contributed by atoms with Crippen molar-refractivity contribution in [2.45, 2.75) is 40.0 Å². The quantitative estimate of drug-likeness (QED) is 0.658. The number of halogens is 1. The van der Waals surface area contributed by atoms with Gasteiger partial charge in [-0.15, -0.1) is 0 Å². The first-order chi connectivity index (χ1) is 10.1. The lowest BCUT2D eigenvalue weighted by Gasteiger charge is -2.15. The normalized spacial score (nSPS) is 11.1. The van der Waals surface area contributed by atoms with Crippen LogP contribution in [-0.4, -0.2) is 32.9 Å². The van der Waals surface area contributed by atoms with E-state index in [1.165, 1.54) is 0 Å². The first kappa shape index (κ1) is 18.3. The van der Waals surface area contributed by atoms with Crippen LogP contribution in [0.4, 0.5) is 0 Å². The SMILES string of the molecule is CCOCCCNCCOc1cc(C(C)C)c(Cl)cc1C. The van der Waals surface area contributed by atoms with E-state index in [0.717, 1.165) is 54.6 Å². The van der Waals surface area contributed by atoms with Gasteiger partial charge in [0.15, 0.2) is 0 Å². The van der Waals surface area contributed by atoms with Crippen LogP contribution in [0.5, 0.6) is 5.75 Å². The van der Waals surface area contributed by atoms with E-state index >= 15 is 0 Å². The van der Waals surface area contributed by atoms with Gasteiger partial charge in [0.05, 0.1) is 0 Å². The molecule has 120 valence electrons. The molecule has 0 bridgehead atoms. The third-order valence-corrected chi connectivity index (χ3v) is 3.63. The van der Waals surface area contributed by atoms with E-state index in [2.05, 4.69) is 25.2 Å². The van der Waals surface area contributed by atoms with Gasteiger partial charge < -0.3 is 14.8 Å². The average Bonchev–Trinajstić information content (AvgIpc) is 2.43. The standard InChI is InChI=1S/C17H28ClNO2/c1-5-20-9-6-7-19-8-10-21-17-12-15(13(2)3)16(18)11-14(17)4/h11-13,19H,5-10H2,1-4H3. The molecular weight excluding hydrogens is 286 g/mol. The van der Waals surface area contributed by atoms with Crippen molar-refractivity contribution >= 4 is 11.6 Å². The van der Waals surface area contributed by atoms with E-state index in [1.54, 1.807) is 0 Å². The molecule has 3 nitrogen and oxygen atoms in total. The maximum atomic E-state index is 6.26. The number of hydrogen-bond donors (Lipinski definition) is 1. The summed E-state index contributed by atoms with van der Waals surface area (Å²) in [7, 11) is 0. The van der Waals surface area contributed by atoms with Gasteiger partial charge in [0.25, 0.3) is 0 Å². The molecule has 21 heavy (non-hydrogen) atoms. The Morgan fingerprint density at radius 2 is 1.95 bits per heavy atom. The second-order valence-electron chi connectivity index (χ2n) is 5.44. The molecule has 0 atom stereocenters. The van der Waals surface area contributed by atoms with Gasteiger partial charge in [-0.3, -0.25) is 0 Å². The van der Waals surface area contributed by atoms with Crippen molar-refractivity contribution < 1.29 is 9.47 Å². The second kappa shape index (κ2) is 10.0. The number of ether oxygens (including phenoxy) is 2. The average molecular weight is 314 g/mol.